The molecule has 24 heavy (non-hydrogen) atoms. The molecule has 2 rings (SSSR count). The molecule has 0 radical (unpaired) electrons. The molecular formula is C15H20N4O3S2. The highest BCUT2D eigenvalue weighted by molar-refractivity contribution is 7.99. The lowest BCUT2D eigenvalue weighted by atomic mass is 10.3. The lowest BCUT2D eigenvalue weighted by molar-refractivity contribution is -0.117. The van der Waals surface area contributed by atoms with Crippen molar-refractivity contribution in [1.29, 1.82) is 0 Å². The van der Waals surface area contributed by atoms with E-state index in [0.29, 0.717) is 21.9 Å². The second-order valence-corrected chi connectivity index (χ2v) is 7.11. The van der Waals surface area contributed by atoms with Gasteiger partial charge in [-0.3, -0.25) is 19.5 Å². The topological polar surface area (TPSA) is 93.1 Å². The van der Waals surface area contributed by atoms with Crippen molar-refractivity contribution in [2.75, 3.05) is 12.8 Å². The number of carbonyl (C=O) groups is 2. The molecule has 0 saturated carbocycles. The number of amides is 3. The van der Waals surface area contributed by atoms with Crippen molar-refractivity contribution in [2.24, 2.45) is 0 Å². The number of imide groups is 1. The Morgan fingerprint density at radius 1 is 1.38 bits per heavy atom. The molecule has 2 aromatic rings. The minimum absolute atomic E-state index is 0.0150. The Morgan fingerprint density at radius 3 is 2.75 bits per heavy atom. The van der Waals surface area contributed by atoms with Crippen LogP contribution in [-0.2, 0) is 17.8 Å². The van der Waals surface area contributed by atoms with Crippen molar-refractivity contribution in [1.82, 2.24) is 20.2 Å². The SMILES string of the molecule is CCCn1c(SCC(=O)NC(=O)NC)nc2sc(CC)cc2c1=O. The van der Waals surface area contributed by atoms with E-state index in [4.69, 9.17) is 0 Å². The maximum atomic E-state index is 12.7. The van der Waals surface area contributed by atoms with Crippen LogP contribution >= 0.6 is 23.1 Å². The summed E-state index contributed by atoms with van der Waals surface area (Å²) in [5, 5.41) is 5.65. The summed E-state index contributed by atoms with van der Waals surface area (Å²) in [6.45, 7) is 4.56. The quantitative estimate of drug-likeness (QED) is 0.601. The average molecular weight is 368 g/mol. The van der Waals surface area contributed by atoms with Gasteiger partial charge < -0.3 is 5.32 Å². The molecule has 0 aliphatic heterocycles. The molecule has 0 spiro atoms. The van der Waals surface area contributed by atoms with Gasteiger partial charge >= 0.3 is 6.03 Å². The van der Waals surface area contributed by atoms with Gasteiger partial charge in [0.2, 0.25) is 5.91 Å². The normalized spacial score (nSPS) is 10.8. The number of hydrogen-bond donors (Lipinski definition) is 2. The molecule has 7 nitrogen and oxygen atoms in total. The predicted octanol–water partition coefficient (Wildman–Crippen LogP) is 1.98. The number of fused-ring (bicyclic) bond motifs is 1. The molecule has 0 saturated heterocycles. The van der Waals surface area contributed by atoms with E-state index in [1.807, 2.05) is 19.9 Å². The van der Waals surface area contributed by atoms with Gasteiger partial charge in [0.05, 0.1) is 11.1 Å². The number of urea groups is 1. The highest BCUT2D eigenvalue weighted by atomic mass is 32.2. The Hall–Kier alpha value is -1.87. The molecule has 0 unspecified atom stereocenters. The van der Waals surface area contributed by atoms with E-state index in [9.17, 15) is 14.4 Å². The standard InChI is InChI=1S/C15H20N4O3S2/c1-4-6-19-13(21)10-7-9(5-2)24-12(10)18-15(19)23-8-11(20)17-14(22)16-3/h7H,4-6,8H2,1-3H3,(H2,16,17,20,22). The maximum Gasteiger partial charge on any atom is 0.321 e. The lowest BCUT2D eigenvalue weighted by Crippen LogP contribution is -2.38. The fraction of sp³-hybridized carbons (Fsp3) is 0.467. The Bertz CT molecular complexity index is 813. The van der Waals surface area contributed by atoms with Gasteiger partial charge in [0.25, 0.3) is 5.56 Å². The van der Waals surface area contributed by atoms with Gasteiger partial charge in [-0.1, -0.05) is 25.6 Å². The van der Waals surface area contributed by atoms with E-state index in [2.05, 4.69) is 15.6 Å². The smallest absolute Gasteiger partial charge is 0.321 e. The third-order valence-corrected chi connectivity index (χ3v) is 5.42. The van der Waals surface area contributed by atoms with Crippen molar-refractivity contribution >= 4 is 45.3 Å². The summed E-state index contributed by atoms with van der Waals surface area (Å²) in [6.07, 6.45) is 1.64. The third kappa shape index (κ3) is 4.15. The molecule has 2 N–H and O–H groups in total. The summed E-state index contributed by atoms with van der Waals surface area (Å²) < 4.78 is 1.60. The zero-order valence-electron chi connectivity index (χ0n) is 13.8. The van der Waals surface area contributed by atoms with Crippen LogP contribution in [0.25, 0.3) is 10.2 Å². The summed E-state index contributed by atoms with van der Waals surface area (Å²) in [6, 6.07) is 1.34. The molecule has 2 heterocycles. The summed E-state index contributed by atoms with van der Waals surface area (Å²) in [4.78, 5) is 41.9. The summed E-state index contributed by atoms with van der Waals surface area (Å²) in [7, 11) is 1.44. The summed E-state index contributed by atoms with van der Waals surface area (Å²) >= 11 is 2.66. The van der Waals surface area contributed by atoms with Gasteiger partial charge in [-0.25, -0.2) is 9.78 Å². The van der Waals surface area contributed by atoms with Crippen molar-refractivity contribution in [2.45, 2.75) is 38.4 Å². The van der Waals surface area contributed by atoms with Crippen LogP contribution in [0.1, 0.15) is 25.1 Å². The molecule has 3 amide bonds. The van der Waals surface area contributed by atoms with Crippen molar-refractivity contribution in [3.8, 4) is 0 Å². The third-order valence-electron chi connectivity index (χ3n) is 3.28. The molecule has 0 bridgehead atoms. The van der Waals surface area contributed by atoms with E-state index >= 15 is 0 Å². The zero-order chi connectivity index (χ0) is 17.7. The maximum absolute atomic E-state index is 12.7. The number of aryl methyl sites for hydroxylation is 1. The average Bonchev–Trinajstić information content (AvgIpc) is 2.99. The van der Waals surface area contributed by atoms with Crippen LogP contribution in [-0.4, -0.2) is 34.3 Å². The van der Waals surface area contributed by atoms with Crippen LogP contribution in [0.2, 0.25) is 0 Å². The number of thioether (sulfide) groups is 1. The first-order valence-electron chi connectivity index (χ1n) is 7.67. The van der Waals surface area contributed by atoms with Crippen LogP contribution in [0.4, 0.5) is 4.79 Å². The van der Waals surface area contributed by atoms with E-state index in [1.54, 1.807) is 4.57 Å². The Labute approximate surface area is 147 Å². The number of nitrogens with one attached hydrogen (secondary N) is 2. The van der Waals surface area contributed by atoms with Gasteiger partial charge in [0.1, 0.15) is 4.83 Å². The van der Waals surface area contributed by atoms with Crippen molar-refractivity contribution in [3.05, 3.63) is 21.3 Å². The minimum Gasteiger partial charge on any atom is -0.341 e. The van der Waals surface area contributed by atoms with Gasteiger partial charge in [0, 0.05) is 18.5 Å². The largest absolute Gasteiger partial charge is 0.341 e. The monoisotopic (exact) mass is 368 g/mol. The van der Waals surface area contributed by atoms with Crippen LogP contribution in [0.3, 0.4) is 0 Å². The summed E-state index contributed by atoms with van der Waals surface area (Å²) in [5.74, 6) is -0.418. The molecule has 0 aliphatic carbocycles. The molecule has 9 heteroatoms. The highest BCUT2D eigenvalue weighted by Crippen LogP contribution is 2.25. The number of rotatable bonds is 6. The van der Waals surface area contributed by atoms with Gasteiger partial charge in [-0.05, 0) is 18.9 Å². The number of thiophene rings is 1. The fourth-order valence-corrected chi connectivity index (χ4v) is 3.94. The molecule has 0 fully saturated rings. The van der Waals surface area contributed by atoms with Crippen molar-refractivity contribution < 1.29 is 9.59 Å². The first-order chi connectivity index (χ1) is 11.5. The Balaban J connectivity index is 2.30. The van der Waals surface area contributed by atoms with E-state index in [1.165, 1.54) is 18.4 Å². The van der Waals surface area contributed by atoms with Crippen LogP contribution in [0.5, 0.6) is 0 Å². The molecule has 130 valence electrons. The van der Waals surface area contributed by atoms with E-state index in [-0.39, 0.29) is 11.3 Å². The Kier molecular flexibility index (Phi) is 6.38. The predicted molar refractivity (Wildman–Crippen MR) is 96.9 cm³/mol. The molecule has 0 aromatic carbocycles. The van der Waals surface area contributed by atoms with Crippen LogP contribution in [0, 0.1) is 0 Å². The van der Waals surface area contributed by atoms with E-state index in [0.717, 1.165) is 29.5 Å². The van der Waals surface area contributed by atoms with Crippen LogP contribution in [0.15, 0.2) is 16.0 Å². The Morgan fingerprint density at radius 2 is 2.12 bits per heavy atom. The van der Waals surface area contributed by atoms with E-state index < -0.39 is 11.9 Å². The molecule has 2 aromatic heterocycles. The number of hydrogen-bond acceptors (Lipinski definition) is 6. The van der Waals surface area contributed by atoms with Gasteiger partial charge in [-0.15, -0.1) is 11.3 Å². The second-order valence-electron chi connectivity index (χ2n) is 5.05. The van der Waals surface area contributed by atoms with Gasteiger partial charge in [0.15, 0.2) is 5.16 Å². The fourth-order valence-electron chi connectivity index (χ4n) is 2.11. The first kappa shape index (κ1) is 18.5. The number of carbonyl (C=O) groups excluding carboxylic acids is 2. The van der Waals surface area contributed by atoms with Crippen LogP contribution < -0.4 is 16.2 Å². The summed E-state index contributed by atoms with van der Waals surface area (Å²) in [5.41, 5.74) is -0.0768. The number of aromatic nitrogens is 2. The zero-order valence-corrected chi connectivity index (χ0v) is 15.5. The van der Waals surface area contributed by atoms with Gasteiger partial charge in [-0.2, -0.15) is 0 Å². The molecular weight excluding hydrogens is 348 g/mol. The minimum atomic E-state index is -0.555. The number of nitrogens with zero attached hydrogens (tertiary/aromatic N) is 2. The molecule has 0 atom stereocenters. The first-order valence-corrected chi connectivity index (χ1v) is 9.47. The molecule has 0 aliphatic rings. The highest BCUT2D eigenvalue weighted by Gasteiger charge is 2.15. The lowest BCUT2D eigenvalue weighted by Gasteiger charge is -2.10. The second kappa shape index (κ2) is 8.29. The van der Waals surface area contributed by atoms with Crippen molar-refractivity contribution in [3.63, 3.8) is 0 Å².